The van der Waals surface area contributed by atoms with Crippen molar-refractivity contribution in [1.82, 2.24) is 14.9 Å². The molecule has 1 aliphatic heterocycles. The number of halogens is 2. The Kier molecular flexibility index (Phi) is 8.51. The normalized spacial score (nSPS) is 19.5. The molecule has 0 bridgehead atoms. The fourth-order valence-corrected chi connectivity index (χ4v) is 5.59. The monoisotopic (exact) mass is 501 g/mol. The Bertz CT molecular complexity index is 1150. The first-order valence-corrected chi connectivity index (χ1v) is 12.7. The number of nitrogens with zero attached hydrogens (tertiary/aromatic N) is 3. The molecule has 0 amide bonds. The van der Waals surface area contributed by atoms with Gasteiger partial charge in [0, 0.05) is 36.0 Å². The van der Waals surface area contributed by atoms with Crippen LogP contribution in [0.25, 0.3) is 10.9 Å². The molecule has 186 valence electrons. The van der Waals surface area contributed by atoms with Crippen LogP contribution in [0.5, 0.6) is 5.75 Å². The number of benzene rings is 1. The van der Waals surface area contributed by atoms with Gasteiger partial charge in [-0.2, -0.15) is 0 Å². The van der Waals surface area contributed by atoms with Gasteiger partial charge in [0.05, 0.1) is 29.8 Å². The highest BCUT2D eigenvalue weighted by atomic mass is 32.2. The minimum atomic E-state index is -1.56. The molecule has 0 radical (unpaired) electrons. The maximum absolute atomic E-state index is 15.4. The molecule has 1 fully saturated rings. The zero-order chi connectivity index (χ0) is 24.8. The molecule has 3 heterocycles. The zero-order valence-corrected chi connectivity index (χ0v) is 20.4. The number of piperidine rings is 1. The first kappa shape index (κ1) is 25.3. The highest BCUT2D eigenvalue weighted by Gasteiger charge is 2.34. The van der Waals surface area contributed by atoms with Crippen LogP contribution in [0, 0.1) is 17.7 Å². The van der Waals surface area contributed by atoms with E-state index in [9.17, 15) is 14.3 Å². The summed E-state index contributed by atoms with van der Waals surface area (Å²) in [4.78, 5) is 22.5. The van der Waals surface area contributed by atoms with Crippen LogP contribution in [0.4, 0.5) is 8.78 Å². The number of thioether (sulfide) groups is 1. The standard InChI is InChI=1S/C26H29F2N3O3S/c1-34-18-6-8-23-19(14-18)25(22(28)15-30-23)21(27)7-5-17-9-11-31(16-20(17)26(32)33)12-13-35-24-4-2-3-10-29-24/h2-4,6,8,10,14-15,17,20-21H,5,7,9,11-13,16H2,1H3,(H,32,33)/t17-,20+,21-/m0/s1. The van der Waals surface area contributed by atoms with Crippen molar-refractivity contribution >= 4 is 28.6 Å². The van der Waals surface area contributed by atoms with E-state index >= 15 is 4.39 Å². The van der Waals surface area contributed by atoms with Gasteiger partial charge in [-0.3, -0.25) is 9.78 Å². The second kappa shape index (κ2) is 11.8. The molecule has 3 atom stereocenters. The molecule has 3 aromatic rings. The molecular weight excluding hydrogens is 472 g/mol. The fourth-order valence-electron chi connectivity index (χ4n) is 4.73. The molecule has 4 rings (SSSR count). The van der Waals surface area contributed by atoms with Crippen LogP contribution >= 0.6 is 11.8 Å². The van der Waals surface area contributed by atoms with Gasteiger partial charge in [-0.15, -0.1) is 11.8 Å². The largest absolute Gasteiger partial charge is 0.497 e. The summed E-state index contributed by atoms with van der Waals surface area (Å²) in [6.07, 6.45) is 2.33. The minimum Gasteiger partial charge on any atom is -0.497 e. The van der Waals surface area contributed by atoms with Crippen molar-refractivity contribution in [3.63, 3.8) is 0 Å². The van der Waals surface area contributed by atoms with Crippen molar-refractivity contribution in [1.29, 1.82) is 0 Å². The summed E-state index contributed by atoms with van der Waals surface area (Å²) in [5.74, 6) is -0.978. The smallest absolute Gasteiger partial charge is 0.308 e. The molecular formula is C26H29F2N3O3S. The highest BCUT2D eigenvalue weighted by molar-refractivity contribution is 7.99. The maximum atomic E-state index is 15.4. The van der Waals surface area contributed by atoms with Gasteiger partial charge in [0.25, 0.3) is 0 Å². The second-order valence-corrected chi connectivity index (χ2v) is 9.87. The topological polar surface area (TPSA) is 75.5 Å². The van der Waals surface area contributed by atoms with Crippen LogP contribution in [0.3, 0.4) is 0 Å². The summed E-state index contributed by atoms with van der Waals surface area (Å²) in [6.45, 7) is 1.96. The number of rotatable bonds is 10. The molecule has 2 aromatic heterocycles. The molecule has 1 aliphatic rings. The second-order valence-electron chi connectivity index (χ2n) is 8.76. The van der Waals surface area contributed by atoms with Gasteiger partial charge in [0.15, 0.2) is 0 Å². The van der Waals surface area contributed by atoms with E-state index in [1.165, 1.54) is 7.11 Å². The van der Waals surface area contributed by atoms with E-state index in [0.717, 1.165) is 30.1 Å². The molecule has 1 N–H and O–H groups in total. The number of methoxy groups -OCH3 is 1. The number of likely N-dealkylation sites (tertiary alicyclic amines) is 1. The lowest BCUT2D eigenvalue weighted by molar-refractivity contribution is -0.146. The van der Waals surface area contributed by atoms with E-state index in [-0.39, 0.29) is 17.9 Å². The zero-order valence-electron chi connectivity index (χ0n) is 19.6. The van der Waals surface area contributed by atoms with Crippen LogP contribution in [-0.2, 0) is 4.79 Å². The molecule has 0 spiro atoms. The van der Waals surface area contributed by atoms with E-state index in [4.69, 9.17) is 4.74 Å². The Morgan fingerprint density at radius 1 is 1.31 bits per heavy atom. The Hall–Kier alpha value is -2.78. The number of ether oxygens (including phenoxy) is 1. The summed E-state index contributed by atoms with van der Waals surface area (Å²) in [5.41, 5.74) is 0.454. The van der Waals surface area contributed by atoms with Gasteiger partial charge in [-0.25, -0.2) is 13.8 Å². The van der Waals surface area contributed by atoms with Crippen molar-refractivity contribution in [2.75, 3.05) is 32.5 Å². The van der Waals surface area contributed by atoms with Gasteiger partial charge in [0.1, 0.15) is 17.7 Å². The molecule has 9 heteroatoms. The van der Waals surface area contributed by atoms with Crippen LogP contribution in [0.1, 0.15) is 31.0 Å². The number of carbonyl (C=O) groups is 1. The lowest BCUT2D eigenvalue weighted by atomic mass is 9.81. The molecule has 1 aromatic carbocycles. The summed E-state index contributed by atoms with van der Waals surface area (Å²) in [5, 5.41) is 11.2. The van der Waals surface area contributed by atoms with Crippen molar-refractivity contribution in [2.45, 2.75) is 30.5 Å². The van der Waals surface area contributed by atoms with E-state index in [2.05, 4.69) is 14.9 Å². The SMILES string of the molecule is COc1ccc2ncc(F)c([C@@H](F)CC[C@H]3CCN(CCSc4ccccn4)C[C@H]3C(=O)O)c2c1. The maximum Gasteiger partial charge on any atom is 0.308 e. The summed E-state index contributed by atoms with van der Waals surface area (Å²) in [6, 6.07) is 10.7. The predicted molar refractivity (Wildman–Crippen MR) is 132 cm³/mol. The van der Waals surface area contributed by atoms with E-state index in [1.54, 1.807) is 36.2 Å². The molecule has 6 nitrogen and oxygen atoms in total. The van der Waals surface area contributed by atoms with Crippen molar-refractivity contribution in [3.05, 3.63) is 60.2 Å². The minimum absolute atomic E-state index is 0.0373. The average Bonchev–Trinajstić information content (AvgIpc) is 2.87. The third-order valence-corrected chi connectivity index (χ3v) is 7.55. The quantitative estimate of drug-likeness (QED) is 0.374. The molecule has 0 aliphatic carbocycles. The van der Waals surface area contributed by atoms with E-state index in [0.29, 0.717) is 36.0 Å². The first-order chi connectivity index (χ1) is 17.0. The Balaban J connectivity index is 1.37. The van der Waals surface area contributed by atoms with Crippen LogP contribution < -0.4 is 4.74 Å². The van der Waals surface area contributed by atoms with Crippen molar-refractivity contribution in [2.24, 2.45) is 11.8 Å². The number of alkyl halides is 1. The van der Waals surface area contributed by atoms with Gasteiger partial charge in [-0.05, 0) is 62.1 Å². The van der Waals surface area contributed by atoms with Gasteiger partial charge in [-0.1, -0.05) is 6.07 Å². The number of hydrogen-bond donors (Lipinski definition) is 1. The lowest BCUT2D eigenvalue weighted by Crippen LogP contribution is -2.44. The Morgan fingerprint density at radius 3 is 2.91 bits per heavy atom. The van der Waals surface area contributed by atoms with Gasteiger partial charge in [0.2, 0.25) is 0 Å². The van der Waals surface area contributed by atoms with Crippen molar-refractivity contribution in [3.8, 4) is 5.75 Å². The first-order valence-electron chi connectivity index (χ1n) is 11.7. The highest BCUT2D eigenvalue weighted by Crippen LogP contribution is 2.36. The fraction of sp³-hybridized carbons (Fsp3) is 0.423. The third kappa shape index (κ3) is 6.27. The van der Waals surface area contributed by atoms with Gasteiger partial charge < -0.3 is 14.7 Å². The summed E-state index contributed by atoms with van der Waals surface area (Å²) in [7, 11) is 1.50. The number of carboxylic acid groups (broad SMARTS) is 1. The number of pyridine rings is 2. The molecule has 35 heavy (non-hydrogen) atoms. The number of aromatic nitrogens is 2. The van der Waals surface area contributed by atoms with Crippen LogP contribution in [-0.4, -0.2) is 58.4 Å². The molecule has 1 saturated heterocycles. The van der Waals surface area contributed by atoms with E-state index in [1.807, 2.05) is 18.2 Å². The lowest BCUT2D eigenvalue weighted by Gasteiger charge is -2.36. The summed E-state index contributed by atoms with van der Waals surface area (Å²) < 4.78 is 35.2. The predicted octanol–water partition coefficient (Wildman–Crippen LogP) is 5.38. The van der Waals surface area contributed by atoms with Gasteiger partial charge >= 0.3 is 5.97 Å². The molecule has 0 saturated carbocycles. The van der Waals surface area contributed by atoms with Crippen LogP contribution in [0.15, 0.2) is 53.8 Å². The summed E-state index contributed by atoms with van der Waals surface area (Å²) >= 11 is 1.64. The van der Waals surface area contributed by atoms with Crippen molar-refractivity contribution < 1.29 is 23.4 Å². The third-order valence-electron chi connectivity index (χ3n) is 6.62. The Labute approximate surface area is 207 Å². The van der Waals surface area contributed by atoms with E-state index < -0.39 is 23.9 Å². The molecule has 0 unspecified atom stereocenters. The number of aliphatic carboxylic acids is 1. The average molecular weight is 502 g/mol. The Morgan fingerprint density at radius 2 is 2.17 bits per heavy atom. The van der Waals surface area contributed by atoms with Crippen LogP contribution in [0.2, 0.25) is 0 Å². The number of carboxylic acids is 1. The number of hydrogen-bond acceptors (Lipinski definition) is 6. The number of fused-ring (bicyclic) bond motifs is 1.